The quantitative estimate of drug-likeness (QED) is 0.756. The lowest BCUT2D eigenvalue weighted by Gasteiger charge is -2.35. The number of carbonyl (C=O) groups excluding carboxylic acids is 2. The van der Waals surface area contributed by atoms with E-state index in [0.29, 0.717) is 24.3 Å². The molecule has 1 aromatic carbocycles. The lowest BCUT2D eigenvalue weighted by atomic mass is 9.81. The van der Waals surface area contributed by atoms with Crippen LogP contribution in [0.4, 0.5) is 0 Å². The van der Waals surface area contributed by atoms with Crippen LogP contribution in [-0.4, -0.2) is 38.2 Å². The van der Waals surface area contributed by atoms with Crippen molar-refractivity contribution in [3.05, 3.63) is 29.8 Å². The molecule has 1 aliphatic carbocycles. The van der Waals surface area contributed by atoms with Crippen LogP contribution < -0.4 is 14.8 Å². The number of ether oxygens (including phenoxy) is 3. The predicted molar refractivity (Wildman–Crippen MR) is 99.2 cm³/mol. The number of esters is 1. The minimum atomic E-state index is -0.937. The van der Waals surface area contributed by atoms with Crippen molar-refractivity contribution in [1.82, 2.24) is 5.32 Å². The van der Waals surface area contributed by atoms with Crippen molar-refractivity contribution in [1.29, 1.82) is 0 Å². The van der Waals surface area contributed by atoms with Gasteiger partial charge in [0.2, 0.25) is 0 Å². The smallest absolute Gasteiger partial charge is 0.331 e. The van der Waals surface area contributed by atoms with Gasteiger partial charge < -0.3 is 19.5 Å². The van der Waals surface area contributed by atoms with Crippen LogP contribution in [0.1, 0.15) is 44.6 Å². The average molecular weight is 361 g/mol. The largest absolute Gasteiger partial charge is 0.493 e. The van der Waals surface area contributed by atoms with Gasteiger partial charge in [-0.05, 0) is 37.5 Å². The molecule has 2 rings (SSSR count). The van der Waals surface area contributed by atoms with Gasteiger partial charge in [0, 0.05) is 0 Å². The summed E-state index contributed by atoms with van der Waals surface area (Å²) in [4.78, 5) is 24.6. The second-order valence-corrected chi connectivity index (χ2v) is 6.38. The molecule has 0 aromatic heterocycles. The Labute approximate surface area is 154 Å². The van der Waals surface area contributed by atoms with E-state index in [9.17, 15) is 9.59 Å². The van der Waals surface area contributed by atoms with Crippen molar-refractivity contribution in [2.75, 3.05) is 20.8 Å². The maximum absolute atomic E-state index is 12.4. The first-order valence-corrected chi connectivity index (χ1v) is 8.87. The molecular formula is C20H27NO5. The molecule has 26 heavy (non-hydrogen) atoms. The summed E-state index contributed by atoms with van der Waals surface area (Å²) in [6.45, 7) is 1.74. The number of rotatable bonds is 7. The van der Waals surface area contributed by atoms with E-state index in [1.807, 2.05) is 31.2 Å². The van der Waals surface area contributed by atoms with E-state index in [-0.39, 0.29) is 18.5 Å². The van der Waals surface area contributed by atoms with Crippen LogP contribution in [0.3, 0.4) is 0 Å². The van der Waals surface area contributed by atoms with Crippen LogP contribution in [-0.2, 0) is 14.3 Å². The van der Waals surface area contributed by atoms with E-state index >= 15 is 0 Å². The first kappa shape index (κ1) is 19.8. The first-order chi connectivity index (χ1) is 12.5. The molecule has 1 amide bonds. The van der Waals surface area contributed by atoms with Crippen molar-refractivity contribution >= 4 is 18.0 Å². The van der Waals surface area contributed by atoms with Gasteiger partial charge in [-0.25, -0.2) is 4.79 Å². The van der Waals surface area contributed by atoms with Gasteiger partial charge in [0.1, 0.15) is 5.54 Å². The fraction of sp³-hybridized carbons (Fsp3) is 0.500. The van der Waals surface area contributed by atoms with E-state index in [2.05, 4.69) is 5.32 Å². The maximum Gasteiger partial charge on any atom is 0.331 e. The SMILES string of the molecule is CC=Cc1ccc(OCC(=O)NC2(C(=O)OC)CCCCC2)c(OC)c1. The van der Waals surface area contributed by atoms with Gasteiger partial charge in [-0.15, -0.1) is 0 Å². The van der Waals surface area contributed by atoms with Gasteiger partial charge in [0.05, 0.1) is 14.2 Å². The van der Waals surface area contributed by atoms with Crippen LogP contribution in [0.15, 0.2) is 24.3 Å². The van der Waals surface area contributed by atoms with E-state index in [4.69, 9.17) is 14.2 Å². The lowest BCUT2D eigenvalue weighted by Crippen LogP contribution is -2.57. The third-order valence-corrected chi connectivity index (χ3v) is 4.57. The summed E-state index contributed by atoms with van der Waals surface area (Å²) in [5, 5.41) is 2.83. The molecule has 6 heteroatoms. The van der Waals surface area contributed by atoms with Gasteiger partial charge in [-0.3, -0.25) is 4.79 Å². The van der Waals surface area contributed by atoms with Crippen molar-refractivity contribution in [3.8, 4) is 11.5 Å². The Morgan fingerprint density at radius 2 is 1.88 bits per heavy atom. The zero-order chi connectivity index (χ0) is 19.0. The molecule has 0 bridgehead atoms. The summed E-state index contributed by atoms with van der Waals surface area (Å²) in [6, 6.07) is 5.48. The topological polar surface area (TPSA) is 73.9 Å². The van der Waals surface area contributed by atoms with Gasteiger partial charge in [0.15, 0.2) is 18.1 Å². The number of nitrogens with one attached hydrogen (secondary N) is 1. The molecule has 0 spiro atoms. The highest BCUT2D eigenvalue weighted by molar-refractivity contribution is 5.88. The van der Waals surface area contributed by atoms with Gasteiger partial charge >= 0.3 is 5.97 Å². The zero-order valence-corrected chi connectivity index (χ0v) is 15.7. The summed E-state index contributed by atoms with van der Waals surface area (Å²) < 4.78 is 15.8. The number of methoxy groups -OCH3 is 2. The van der Waals surface area contributed by atoms with E-state index in [0.717, 1.165) is 24.8 Å². The monoisotopic (exact) mass is 361 g/mol. The highest BCUT2D eigenvalue weighted by atomic mass is 16.5. The zero-order valence-electron chi connectivity index (χ0n) is 15.7. The summed E-state index contributed by atoms with van der Waals surface area (Å²) in [7, 11) is 2.90. The molecule has 0 aliphatic heterocycles. The lowest BCUT2D eigenvalue weighted by molar-refractivity contribution is -0.152. The molecule has 1 aliphatic rings. The highest BCUT2D eigenvalue weighted by Gasteiger charge is 2.41. The molecule has 6 nitrogen and oxygen atoms in total. The highest BCUT2D eigenvalue weighted by Crippen LogP contribution is 2.30. The van der Waals surface area contributed by atoms with Crippen LogP contribution in [0.2, 0.25) is 0 Å². The molecule has 0 saturated heterocycles. The third kappa shape index (κ3) is 4.77. The Kier molecular flexibility index (Phi) is 7.06. The first-order valence-electron chi connectivity index (χ1n) is 8.87. The van der Waals surface area contributed by atoms with Crippen molar-refractivity contribution in [2.45, 2.75) is 44.6 Å². The number of carbonyl (C=O) groups is 2. The summed E-state index contributed by atoms with van der Waals surface area (Å²) in [5.74, 6) is 0.288. The molecule has 0 heterocycles. The molecule has 0 unspecified atom stereocenters. The van der Waals surface area contributed by atoms with Gasteiger partial charge in [-0.2, -0.15) is 0 Å². The molecule has 1 saturated carbocycles. The molecular weight excluding hydrogens is 334 g/mol. The van der Waals surface area contributed by atoms with E-state index in [1.165, 1.54) is 7.11 Å². The number of hydrogen-bond acceptors (Lipinski definition) is 5. The molecule has 0 atom stereocenters. The number of amides is 1. The second-order valence-electron chi connectivity index (χ2n) is 6.38. The fourth-order valence-corrected chi connectivity index (χ4v) is 3.28. The van der Waals surface area contributed by atoms with E-state index < -0.39 is 5.54 Å². The Bertz CT molecular complexity index is 662. The number of hydrogen-bond donors (Lipinski definition) is 1. The summed E-state index contributed by atoms with van der Waals surface area (Å²) >= 11 is 0. The Balaban J connectivity index is 2.02. The Hall–Kier alpha value is -2.50. The summed E-state index contributed by atoms with van der Waals surface area (Å²) in [5.41, 5.74) is 0.0424. The normalized spacial score (nSPS) is 16.1. The van der Waals surface area contributed by atoms with Crippen LogP contribution >= 0.6 is 0 Å². The van der Waals surface area contributed by atoms with Gasteiger partial charge in [-0.1, -0.05) is 37.5 Å². The molecule has 1 N–H and O–H groups in total. The van der Waals surface area contributed by atoms with Crippen molar-refractivity contribution < 1.29 is 23.8 Å². The third-order valence-electron chi connectivity index (χ3n) is 4.57. The molecule has 1 aromatic rings. The number of allylic oxidation sites excluding steroid dienone is 1. The minimum Gasteiger partial charge on any atom is -0.493 e. The molecule has 142 valence electrons. The number of benzene rings is 1. The Morgan fingerprint density at radius 1 is 1.15 bits per heavy atom. The van der Waals surface area contributed by atoms with Crippen LogP contribution in [0.5, 0.6) is 11.5 Å². The fourth-order valence-electron chi connectivity index (χ4n) is 3.28. The van der Waals surface area contributed by atoms with Crippen LogP contribution in [0.25, 0.3) is 6.08 Å². The minimum absolute atomic E-state index is 0.196. The van der Waals surface area contributed by atoms with Gasteiger partial charge in [0.25, 0.3) is 5.91 Å². The predicted octanol–water partition coefficient (Wildman–Crippen LogP) is 3.10. The average Bonchev–Trinajstić information content (AvgIpc) is 2.67. The van der Waals surface area contributed by atoms with E-state index in [1.54, 1.807) is 13.2 Å². The summed E-state index contributed by atoms with van der Waals surface area (Å²) in [6.07, 6.45) is 7.88. The standard InChI is InChI=1S/C20H27NO5/c1-4-8-15-9-10-16(17(13-15)24-2)26-14-18(22)21-20(19(23)25-3)11-6-5-7-12-20/h4,8-10,13H,5-7,11-12,14H2,1-3H3,(H,21,22). The molecule has 1 fully saturated rings. The second kappa shape index (κ2) is 9.27. The molecule has 0 radical (unpaired) electrons. The van der Waals surface area contributed by atoms with Crippen molar-refractivity contribution in [2.24, 2.45) is 0 Å². The van der Waals surface area contributed by atoms with Crippen molar-refractivity contribution in [3.63, 3.8) is 0 Å². The van der Waals surface area contributed by atoms with Crippen LogP contribution in [0, 0.1) is 0 Å². The Morgan fingerprint density at radius 3 is 2.50 bits per heavy atom. The maximum atomic E-state index is 12.4.